The van der Waals surface area contributed by atoms with Gasteiger partial charge in [0.1, 0.15) is 0 Å². The minimum atomic E-state index is 0.415. The quantitative estimate of drug-likeness (QED) is 0.656. The first-order valence-corrected chi connectivity index (χ1v) is 8.60. The van der Waals surface area contributed by atoms with Crippen LogP contribution >= 0.6 is 0 Å². The van der Waals surface area contributed by atoms with Gasteiger partial charge in [-0.1, -0.05) is 65.8 Å². The van der Waals surface area contributed by atoms with Gasteiger partial charge in [-0.3, -0.25) is 0 Å². The normalized spacial score (nSPS) is 12.4. The second-order valence-electron chi connectivity index (χ2n) is 7.94. The van der Waals surface area contributed by atoms with E-state index in [9.17, 15) is 0 Å². The molecule has 1 nitrogen and oxygen atoms in total. The van der Waals surface area contributed by atoms with Gasteiger partial charge in [0, 0.05) is 6.04 Å². The van der Waals surface area contributed by atoms with Crippen LogP contribution in [0.1, 0.15) is 65.5 Å². The van der Waals surface area contributed by atoms with Gasteiger partial charge in [-0.25, -0.2) is 0 Å². The van der Waals surface area contributed by atoms with Gasteiger partial charge < -0.3 is 5.32 Å². The molecular weight excluding hydrogens is 254 g/mol. The molecule has 0 saturated heterocycles. The lowest BCUT2D eigenvalue weighted by atomic mass is 9.83. The Bertz CT molecular complexity index is 387. The van der Waals surface area contributed by atoms with E-state index < -0.39 is 0 Å². The third-order valence-corrected chi connectivity index (χ3v) is 4.11. The maximum absolute atomic E-state index is 3.53. The molecule has 1 aromatic carbocycles. The van der Waals surface area contributed by atoms with Crippen LogP contribution in [0.5, 0.6) is 0 Å². The van der Waals surface area contributed by atoms with Crippen molar-refractivity contribution in [2.45, 2.75) is 73.3 Å². The van der Waals surface area contributed by atoms with Gasteiger partial charge in [-0.15, -0.1) is 0 Å². The predicted molar refractivity (Wildman–Crippen MR) is 94.8 cm³/mol. The summed E-state index contributed by atoms with van der Waals surface area (Å²) in [5, 5.41) is 3.53. The number of hydrogen-bond donors (Lipinski definition) is 1. The van der Waals surface area contributed by atoms with E-state index >= 15 is 0 Å². The molecule has 1 heteroatoms. The summed E-state index contributed by atoms with van der Waals surface area (Å²) in [6.45, 7) is 14.9. The lowest BCUT2D eigenvalue weighted by Gasteiger charge is -2.25. The van der Waals surface area contributed by atoms with Crippen LogP contribution < -0.4 is 5.32 Å². The van der Waals surface area contributed by atoms with Crippen LogP contribution in [0, 0.1) is 11.3 Å². The van der Waals surface area contributed by atoms with Gasteiger partial charge >= 0.3 is 0 Å². The number of nitrogens with one attached hydrogen (secondary N) is 1. The van der Waals surface area contributed by atoms with Crippen LogP contribution in [-0.4, -0.2) is 12.6 Å². The third kappa shape index (κ3) is 8.26. The Hall–Kier alpha value is -0.820. The molecule has 120 valence electrons. The topological polar surface area (TPSA) is 12.0 Å². The van der Waals surface area contributed by atoms with E-state index in [1.54, 1.807) is 0 Å². The number of benzene rings is 1. The second kappa shape index (κ2) is 8.58. The van der Waals surface area contributed by atoms with Crippen LogP contribution in [0.3, 0.4) is 0 Å². The molecule has 21 heavy (non-hydrogen) atoms. The lowest BCUT2D eigenvalue weighted by Crippen LogP contribution is -2.28. The third-order valence-electron chi connectivity index (χ3n) is 4.11. The van der Waals surface area contributed by atoms with Crippen LogP contribution in [0.4, 0.5) is 0 Å². The molecule has 0 saturated carbocycles. The molecule has 0 fully saturated rings. The van der Waals surface area contributed by atoms with Crippen molar-refractivity contribution in [1.29, 1.82) is 0 Å². The summed E-state index contributed by atoms with van der Waals surface area (Å²) in [6, 6.07) is 9.85. The minimum Gasteiger partial charge on any atom is -0.315 e. The van der Waals surface area contributed by atoms with E-state index in [4.69, 9.17) is 0 Å². The highest BCUT2D eigenvalue weighted by molar-refractivity contribution is 5.23. The molecule has 0 atom stereocenters. The minimum absolute atomic E-state index is 0.415. The van der Waals surface area contributed by atoms with Crippen molar-refractivity contribution in [3.05, 3.63) is 35.4 Å². The Morgan fingerprint density at radius 1 is 0.905 bits per heavy atom. The van der Waals surface area contributed by atoms with E-state index in [2.05, 4.69) is 71.1 Å². The van der Waals surface area contributed by atoms with Crippen LogP contribution in [0.15, 0.2) is 24.3 Å². The van der Waals surface area contributed by atoms with Crippen molar-refractivity contribution < 1.29 is 0 Å². The maximum Gasteiger partial charge on any atom is 0.00103 e. The molecule has 0 unspecified atom stereocenters. The number of hydrogen-bond acceptors (Lipinski definition) is 1. The Labute approximate surface area is 132 Å². The highest BCUT2D eigenvalue weighted by atomic mass is 14.9. The summed E-state index contributed by atoms with van der Waals surface area (Å²) >= 11 is 0. The van der Waals surface area contributed by atoms with Crippen molar-refractivity contribution >= 4 is 0 Å². The average molecular weight is 290 g/mol. The summed E-state index contributed by atoms with van der Waals surface area (Å²) < 4.78 is 0. The summed E-state index contributed by atoms with van der Waals surface area (Å²) in [4.78, 5) is 0. The summed E-state index contributed by atoms with van der Waals surface area (Å²) in [5.41, 5.74) is 3.36. The molecule has 0 aliphatic carbocycles. The van der Waals surface area contributed by atoms with Crippen molar-refractivity contribution in [2.75, 3.05) is 6.54 Å². The molecule has 0 bridgehead atoms. The highest BCUT2D eigenvalue weighted by Gasteiger charge is 2.17. The van der Waals surface area contributed by atoms with E-state index in [0.29, 0.717) is 11.5 Å². The van der Waals surface area contributed by atoms with E-state index in [-0.39, 0.29) is 0 Å². The fourth-order valence-corrected chi connectivity index (χ4v) is 2.62. The molecule has 0 radical (unpaired) electrons. The summed E-state index contributed by atoms with van der Waals surface area (Å²) in [6.07, 6.45) is 4.89. The first-order chi connectivity index (χ1) is 9.78. The van der Waals surface area contributed by atoms with E-state index in [1.807, 2.05) is 0 Å². The molecule has 0 aliphatic heterocycles. The van der Waals surface area contributed by atoms with Gasteiger partial charge in [0.05, 0.1) is 0 Å². The van der Waals surface area contributed by atoms with Gasteiger partial charge in [0.25, 0.3) is 0 Å². The average Bonchev–Trinajstić information content (AvgIpc) is 2.36. The Morgan fingerprint density at radius 2 is 1.48 bits per heavy atom. The fourth-order valence-electron chi connectivity index (χ4n) is 2.62. The fraction of sp³-hybridized carbons (Fsp3) is 0.700. The van der Waals surface area contributed by atoms with Gasteiger partial charge in [0.2, 0.25) is 0 Å². The predicted octanol–water partition coefficient (Wildman–Crippen LogP) is 5.23. The number of aryl methyl sites for hydroxylation is 1. The maximum atomic E-state index is 3.53. The molecule has 0 aliphatic rings. The van der Waals surface area contributed by atoms with Crippen LogP contribution in [-0.2, 0) is 12.8 Å². The largest absolute Gasteiger partial charge is 0.315 e. The molecule has 1 rings (SSSR count). The molecular formula is C20H35N. The first kappa shape index (κ1) is 18.2. The Balaban J connectivity index is 2.39. The van der Waals surface area contributed by atoms with E-state index in [1.165, 1.54) is 36.8 Å². The van der Waals surface area contributed by atoms with Gasteiger partial charge in [0.15, 0.2) is 0 Å². The van der Waals surface area contributed by atoms with Crippen molar-refractivity contribution in [1.82, 2.24) is 5.32 Å². The van der Waals surface area contributed by atoms with Crippen molar-refractivity contribution in [2.24, 2.45) is 11.3 Å². The zero-order valence-electron chi connectivity index (χ0n) is 15.0. The Morgan fingerprint density at radius 3 is 2.00 bits per heavy atom. The summed E-state index contributed by atoms with van der Waals surface area (Å²) in [7, 11) is 0. The lowest BCUT2D eigenvalue weighted by molar-refractivity contribution is 0.298. The molecule has 0 heterocycles. The smallest absolute Gasteiger partial charge is 0.00103 e. The SMILES string of the molecule is CC(C)Cc1ccc(CCC(C)(C)CCNC(C)C)cc1. The van der Waals surface area contributed by atoms with Crippen LogP contribution in [0.25, 0.3) is 0 Å². The molecule has 1 N–H and O–H groups in total. The molecule has 0 amide bonds. The first-order valence-electron chi connectivity index (χ1n) is 8.60. The standard InChI is InChI=1S/C20H35N/c1-16(2)15-19-9-7-18(8-10-19)11-12-20(5,6)13-14-21-17(3)4/h7-10,16-17,21H,11-15H2,1-6H3. The van der Waals surface area contributed by atoms with Crippen molar-refractivity contribution in [3.8, 4) is 0 Å². The molecule has 1 aromatic rings. The zero-order valence-corrected chi connectivity index (χ0v) is 15.0. The zero-order chi connectivity index (χ0) is 15.9. The van der Waals surface area contributed by atoms with Gasteiger partial charge in [-0.05, 0) is 54.7 Å². The monoisotopic (exact) mass is 289 g/mol. The van der Waals surface area contributed by atoms with Gasteiger partial charge in [-0.2, -0.15) is 0 Å². The highest BCUT2D eigenvalue weighted by Crippen LogP contribution is 2.26. The van der Waals surface area contributed by atoms with Crippen molar-refractivity contribution in [3.63, 3.8) is 0 Å². The molecule has 0 spiro atoms. The second-order valence-corrected chi connectivity index (χ2v) is 7.94. The van der Waals surface area contributed by atoms with Crippen LogP contribution in [0.2, 0.25) is 0 Å². The van der Waals surface area contributed by atoms with E-state index in [0.717, 1.165) is 12.5 Å². The molecule has 0 aromatic heterocycles. The Kier molecular flexibility index (Phi) is 7.45. The number of rotatable bonds is 9. The summed E-state index contributed by atoms with van der Waals surface area (Å²) in [5.74, 6) is 0.739.